The zero-order valence-corrected chi connectivity index (χ0v) is 28.9. The molecule has 4 atom stereocenters. The molecule has 16 nitrogen and oxygen atoms in total. The Morgan fingerprint density at radius 2 is 1.63 bits per heavy atom. The molecule has 0 unspecified atom stereocenters. The number of fused-ring (bicyclic) bond motifs is 2. The fourth-order valence-corrected chi connectivity index (χ4v) is 6.57. The number of imidazole rings is 1. The lowest BCUT2D eigenvalue weighted by molar-refractivity contribution is -0.138. The number of H-pyrrole nitrogens is 2. The van der Waals surface area contributed by atoms with Crippen LogP contribution in [0.25, 0.3) is 10.9 Å². The topological polar surface area (TPSA) is 268 Å². The summed E-state index contributed by atoms with van der Waals surface area (Å²) in [6.45, 7) is 1.48. The summed E-state index contributed by atoms with van der Waals surface area (Å²) < 4.78 is 0. The standard InChI is InChI=1S/C36H45N11O5/c1-21(48)44-30(16-25-19-40-20-43-25)33(51)47-36(13-12-22-7-2-3-8-23(22)17-36)34(52)46-28(11-6-14-41-35(38)39)32(50)45-29(31(37)49)15-24-18-42-27-10-5-4-9-26(24)27/h2-5,7-10,18-20,28-30,42H,6,11-17H2,1H3,(H2,37,49)(H,40,43)(H,44,48)(H,45,50)(H,46,52)(H,47,51)(H4,38,39,41)/t28-,29-,30-,36-/m0/s1. The van der Waals surface area contributed by atoms with Crippen LogP contribution < -0.4 is 38.5 Å². The number of aromatic nitrogens is 3. The lowest BCUT2D eigenvalue weighted by Crippen LogP contribution is -2.66. The number of hydrogen-bond donors (Lipinski definition) is 9. The largest absolute Gasteiger partial charge is 0.370 e. The zero-order valence-electron chi connectivity index (χ0n) is 28.9. The van der Waals surface area contributed by atoms with E-state index in [9.17, 15) is 24.0 Å². The number of aliphatic imine (C=N–C) groups is 1. The Labute approximate surface area is 300 Å². The Bertz CT molecular complexity index is 1940. The number of para-hydroxylation sites is 1. The third-order valence-corrected chi connectivity index (χ3v) is 9.23. The number of nitrogens with one attached hydrogen (secondary N) is 6. The number of amides is 5. The molecule has 1 aliphatic carbocycles. The Balaban J connectivity index is 1.41. The van der Waals surface area contributed by atoms with E-state index < -0.39 is 53.2 Å². The molecule has 2 heterocycles. The molecule has 12 N–H and O–H groups in total. The molecule has 16 heteroatoms. The van der Waals surface area contributed by atoms with Gasteiger partial charge in [0, 0.05) is 61.7 Å². The van der Waals surface area contributed by atoms with Crippen LogP contribution in [0.3, 0.4) is 0 Å². The highest BCUT2D eigenvalue weighted by Crippen LogP contribution is 2.30. The van der Waals surface area contributed by atoms with Crippen molar-refractivity contribution >= 4 is 46.4 Å². The second-order valence-electron chi connectivity index (χ2n) is 13.1. The molecular weight excluding hydrogens is 666 g/mol. The molecule has 4 aromatic rings. The summed E-state index contributed by atoms with van der Waals surface area (Å²) in [6, 6.07) is 11.9. The fourth-order valence-electron chi connectivity index (χ4n) is 6.57. The quantitative estimate of drug-likeness (QED) is 0.0423. The number of aryl methyl sites for hydroxylation is 1. The average molecular weight is 712 g/mol. The summed E-state index contributed by atoms with van der Waals surface area (Å²) in [4.78, 5) is 81.3. The van der Waals surface area contributed by atoms with Crippen molar-refractivity contribution in [2.75, 3.05) is 6.54 Å². The number of carbonyl (C=O) groups excluding carboxylic acids is 5. The molecule has 5 amide bonds. The van der Waals surface area contributed by atoms with Gasteiger partial charge in [0.05, 0.1) is 6.33 Å². The molecule has 5 rings (SSSR count). The zero-order chi connectivity index (χ0) is 37.3. The monoisotopic (exact) mass is 711 g/mol. The van der Waals surface area contributed by atoms with Crippen LogP contribution >= 0.6 is 0 Å². The smallest absolute Gasteiger partial charge is 0.246 e. The predicted molar refractivity (Wildman–Crippen MR) is 194 cm³/mol. The van der Waals surface area contributed by atoms with Crippen molar-refractivity contribution in [3.63, 3.8) is 0 Å². The average Bonchev–Trinajstić information content (AvgIpc) is 3.78. The normalized spacial score (nSPS) is 16.8. The van der Waals surface area contributed by atoms with Gasteiger partial charge in [0.15, 0.2) is 5.96 Å². The van der Waals surface area contributed by atoms with Gasteiger partial charge in [0.25, 0.3) is 0 Å². The lowest BCUT2D eigenvalue weighted by Gasteiger charge is -2.39. The van der Waals surface area contributed by atoms with E-state index in [-0.39, 0.29) is 44.6 Å². The Morgan fingerprint density at radius 3 is 2.35 bits per heavy atom. The first-order valence-corrected chi connectivity index (χ1v) is 17.1. The molecule has 52 heavy (non-hydrogen) atoms. The number of benzene rings is 2. The molecule has 0 aliphatic heterocycles. The van der Waals surface area contributed by atoms with Crippen LogP contribution in [0.5, 0.6) is 0 Å². The summed E-state index contributed by atoms with van der Waals surface area (Å²) in [5.41, 5.74) is 19.4. The predicted octanol–water partition coefficient (Wildman–Crippen LogP) is -0.267. The van der Waals surface area contributed by atoms with Crippen LogP contribution in [0.4, 0.5) is 0 Å². The Kier molecular flexibility index (Phi) is 11.9. The molecule has 0 bridgehead atoms. The summed E-state index contributed by atoms with van der Waals surface area (Å²) in [5, 5.41) is 12.1. The van der Waals surface area contributed by atoms with Gasteiger partial charge in [-0.2, -0.15) is 0 Å². The van der Waals surface area contributed by atoms with Gasteiger partial charge in [0.1, 0.15) is 23.7 Å². The second-order valence-corrected chi connectivity index (χ2v) is 13.1. The summed E-state index contributed by atoms with van der Waals surface area (Å²) in [5.74, 6) is -3.13. The van der Waals surface area contributed by atoms with Crippen LogP contribution in [0.2, 0.25) is 0 Å². The van der Waals surface area contributed by atoms with Crippen molar-refractivity contribution in [1.82, 2.24) is 36.2 Å². The Morgan fingerprint density at radius 1 is 0.885 bits per heavy atom. The van der Waals surface area contributed by atoms with Crippen LogP contribution in [0.1, 0.15) is 48.6 Å². The Hall–Kier alpha value is -6.19. The highest BCUT2D eigenvalue weighted by Gasteiger charge is 2.45. The SMILES string of the molecule is CC(=O)N[C@@H](Cc1cnc[nH]1)C(=O)N[C@@]1(C(=O)N[C@@H](CCCN=C(N)N)C(=O)N[C@@H](Cc2c[nH]c3ccccc23)C(N)=O)CCc2ccccc2C1. The van der Waals surface area contributed by atoms with Gasteiger partial charge in [-0.05, 0) is 48.4 Å². The van der Waals surface area contributed by atoms with E-state index in [1.807, 2.05) is 48.5 Å². The van der Waals surface area contributed by atoms with Crippen molar-refractivity contribution < 1.29 is 24.0 Å². The number of hydrogen-bond acceptors (Lipinski definition) is 7. The first-order chi connectivity index (χ1) is 24.9. The number of rotatable bonds is 16. The number of carbonyl (C=O) groups is 5. The maximum absolute atomic E-state index is 14.5. The first kappa shape index (κ1) is 37.1. The van der Waals surface area contributed by atoms with E-state index in [2.05, 4.69) is 41.2 Å². The van der Waals surface area contributed by atoms with E-state index in [0.717, 1.165) is 27.6 Å². The van der Waals surface area contributed by atoms with Crippen LogP contribution in [-0.4, -0.2) is 80.7 Å². The van der Waals surface area contributed by atoms with Crippen molar-refractivity contribution in [3.05, 3.63) is 89.6 Å². The van der Waals surface area contributed by atoms with Crippen LogP contribution in [-0.2, 0) is 49.7 Å². The molecule has 274 valence electrons. The lowest BCUT2D eigenvalue weighted by atomic mass is 9.76. The maximum Gasteiger partial charge on any atom is 0.246 e. The number of primary amides is 1. The van der Waals surface area contributed by atoms with Crippen LogP contribution in [0, 0.1) is 0 Å². The maximum atomic E-state index is 14.5. The van der Waals surface area contributed by atoms with Gasteiger partial charge in [-0.3, -0.25) is 29.0 Å². The second kappa shape index (κ2) is 16.7. The van der Waals surface area contributed by atoms with Gasteiger partial charge < -0.3 is 48.4 Å². The van der Waals surface area contributed by atoms with Gasteiger partial charge in [0.2, 0.25) is 29.5 Å². The molecule has 2 aromatic carbocycles. The minimum absolute atomic E-state index is 0.0977. The van der Waals surface area contributed by atoms with Gasteiger partial charge in [-0.15, -0.1) is 0 Å². The van der Waals surface area contributed by atoms with Crippen molar-refractivity contribution in [1.29, 1.82) is 0 Å². The van der Waals surface area contributed by atoms with E-state index in [1.54, 1.807) is 12.4 Å². The molecule has 0 radical (unpaired) electrons. The van der Waals surface area contributed by atoms with Crippen molar-refractivity contribution in [3.8, 4) is 0 Å². The third-order valence-electron chi connectivity index (χ3n) is 9.23. The molecule has 0 fully saturated rings. The van der Waals surface area contributed by atoms with E-state index in [1.165, 1.54) is 13.3 Å². The number of aromatic amines is 2. The van der Waals surface area contributed by atoms with Crippen LogP contribution in [0.15, 0.2) is 72.2 Å². The molecular formula is C36H45N11O5. The van der Waals surface area contributed by atoms with Gasteiger partial charge in [-0.25, -0.2) is 4.98 Å². The van der Waals surface area contributed by atoms with Crippen molar-refractivity contribution in [2.45, 2.75) is 75.5 Å². The van der Waals surface area contributed by atoms with Gasteiger partial charge in [-0.1, -0.05) is 42.5 Å². The minimum atomic E-state index is -1.50. The third kappa shape index (κ3) is 9.32. The highest BCUT2D eigenvalue weighted by molar-refractivity contribution is 5.98. The minimum Gasteiger partial charge on any atom is -0.370 e. The molecule has 2 aromatic heterocycles. The molecule has 0 saturated carbocycles. The van der Waals surface area contributed by atoms with Gasteiger partial charge >= 0.3 is 0 Å². The van der Waals surface area contributed by atoms with E-state index in [0.29, 0.717) is 18.5 Å². The number of guanidine groups is 1. The molecule has 0 spiro atoms. The summed E-state index contributed by atoms with van der Waals surface area (Å²) in [6.07, 6.45) is 6.18. The molecule has 0 saturated heterocycles. The molecule has 1 aliphatic rings. The highest BCUT2D eigenvalue weighted by atomic mass is 16.2. The number of nitrogens with zero attached hydrogens (tertiary/aromatic N) is 2. The first-order valence-electron chi connectivity index (χ1n) is 17.1. The number of nitrogens with two attached hydrogens (primary N) is 3. The summed E-state index contributed by atoms with van der Waals surface area (Å²) in [7, 11) is 0. The van der Waals surface area contributed by atoms with E-state index in [4.69, 9.17) is 17.2 Å². The fraction of sp³-hybridized carbons (Fsp3) is 0.361. The van der Waals surface area contributed by atoms with Crippen molar-refractivity contribution in [2.24, 2.45) is 22.2 Å². The summed E-state index contributed by atoms with van der Waals surface area (Å²) >= 11 is 0. The van der Waals surface area contributed by atoms with E-state index >= 15 is 0 Å².